The molecule has 0 bridgehead atoms. The monoisotopic (exact) mass is 554 g/mol. The summed E-state index contributed by atoms with van der Waals surface area (Å²) in [6.45, 7) is 3.16. The number of fused-ring (bicyclic) bond motifs is 1. The molecule has 2 aromatic heterocycles. The Bertz CT molecular complexity index is 1550. The van der Waals surface area contributed by atoms with Gasteiger partial charge in [-0.05, 0) is 47.7 Å². The Morgan fingerprint density at radius 2 is 2.00 bits per heavy atom. The summed E-state index contributed by atoms with van der Waals surface area (Å²) in [5.41, 5.74) is 4.03. The summed E-state index contributed by atoms with van der Waals surface area (Å²) in [6, 6.07) is 18.8. The SMILES string of the molecule is Cc1cc(N(C)S(=O)(=O)c2cccs2)c2[nH]c(C3=NCC(CNC(=O)OCc4ccccc4)S3)cc2c1. The van der Waals surface area contributed by atoms with Crippen LogP contribution in [0.15, 0.2) is 75.2 Å². The average Bonchev–Trinajstić information content (AvgIpc) is 3.66. The number of aryl methyl sites for hydroxylation is 1. The lowest BCUT2D eigenvalue weighted by Crippen LogP contribution is -2.31. The van der Waals surface area contributed by atoms with Gasteiger partial charge in [0.1, 0.15) is 15.9 Å². The second-order valence-electron chi connectivity index (χ2n) is 8.66. The van der Waals surface area contributed by atoms with Gasteiger partial charge in [0.25, 0.3) is 10.0 Å². The third-order valence-corrected chi connectivity index (χ3v) is 10.3. The van der Waals surface area contributed by atoms with Crippen LogP contribution < -0.4 is 9.62 Å². The van der Waals surface area contributed by atoms with E-state index >= 15 is 0 Å². The number of nitrogens with zero attached hydrogens (tertiary/aromatic N) is 2. The number of hydrogen-bond donors (Lipinski definition) is 2. The van der Waals surface area contributed by atoms with Gasteiger partial charge in [0.15, 0.2) is 0 Å². The quantitative estimate of drug-likeness (QED) is 0.314. The van der Waals surface area contributed by atoms with E-state index in [9.17, 15) is 13.2 Å². The Labute approximate surface area is 223 Å². The highest BCUT2D eigenvalue weighted by molar-refractivity contribution is 8.15. The molecule has 5 rings (SSSR count). The maximum atomic E-state index is 13.2. The van der Waals surface area contributed by atoms with E-state index in [0.29, 0.717) is 23.0 Å². The molecule has 37 heavy (non-hydrogen) atoms. The number of carbonyl (C=O) groups excluding carboxylic acids is 1. The largest absolute Gasteiger partial charge is 0.445 e. The van der Waals surface area contributed by atoms with Gasteiger partial charge in [-0.1, -0.05) is 48.2 Å². The summed E-state index contributed by atoms with van der Waals surface area (Å²) in [7, 11) is -2.10. The minimum Gasteiger partial charge on any atom is -0.445 e. The van der Waals surface area contributed by atoms with E-state index in [4.69, 9.17) is 4.74 Å². The number of thioether (sulfide) groups is 1. The van der Waals surface area contributed by atoms with E-state index in [0.717, 1.165) is 32.8 Å². The molecule has 0 spiro atoms. The number of anilines is 1. The van der Waals surface area contributed by atoms with Gasteiger partial charge in [0, 0.05) is 24.2 Å². The first-order valence-corrected chi connectivity index (χ1v) is 14.8. The molecule has 0 saturated heterocycles. The molecular weight excluding hydrogens is 529 g/mol. The van der Waals surface area contributed by atoms with Crippen LogP contribution in [-0.2, 0) is 21.4 Å². The maximum absolute atomic E-state index is 13.2. The standard InChI is InChI=1S/C26H26N4O4S3/c1-17-11-19-13-21(29-24(19)22(12-17)30(2)37(32,33)23-9-6-10-35-23)25-27-14-20(36-25)15-28-26(31)34-16-18-7-4-3-5-8-18/h3-13,20,29H,14-16H2,1-2H3,(H,28,31). The van der Waals surface area contributed by atoms with Gasteiger partial charge in [-0.15, -0.1) is 11.3 Å². The van der Waals surface area contributed by atoms with E-state index in [1.54, 1.807) is 36.3 Å². The molecule has 8 nitrogen and oxygen atoms in total. The lowest BCUT2D eigenvalue weighted by molar-refractivity contribution is 0.140. The average molecular weight is 555 g/mol. The summed E-state index contributed by atoms with van der Waals surface area (Å²) < 4.78 is 33.2. The number of hydrogen-bond acceptors (Lipinski definition) is 7. The van der Waals surface area contributed by atoms with Crippen LogP contribution in [0.25, 0.3) is 10.9 Å². The van der Waals surface area contributed by atoms with Crippen LogP contribution in [0, 0.1) is 6.92 Å². The van der Waals surface area contributed by atoms with E-state index in [2.05, 4.69) is 15.3 Å². The summed E-state index contributed by atoms with van der Waals surface area (Å²) in [5, 5.41) is 6.38. The van der Waals surface area contributed by atoms with Crippen molar-refractivity contribution in [3.8, 4) is 0 Å². The summed E-state index contributed by atoms with van der Waals surface area (Å²) in [4.78, 5) is 20.2. The first-order chi connectivity index (χ1) is 17.8. The first kappa shape index (κ1) is 25.4. The van der Waals surface area contributed by atoms with Gasteiger partial charge in [0.2, 0.25) is 0 Å². The second-order valence-corrected chi connectivity index (χ2v) is 13.1. The lowest BCUT2D eigenvalue weighted by atomic mass is 10.1. The first-order valence-electron chi connectivity index (χ1n) is 11.6. The van der Waals surface area contributed by atoms with E-state index in [1.165, 1.54) is 15.6 Å². The molecule has 1 aliphatic heterocycles. The number of rotatable bonds is 8. The van der Waals surface area contributed by atoms with Crippen molar-refractivity contribution in [1.82, 2.24) is 10.3 Å². The van der Waals surface area contributed by atoms with Crippen LogP contribution in [0.1, 0.15) is 16.8 Å². The van der Waals surface area contributed by atoms with Crippen LogP contribution in [0.2, 0.25) is 0 Å². The zero-order valence-electron chi connectivity index (χ0n) is 20.3. The molecule has 1 unspecified atom stereocenters. The van der Waals surface area contributed by atoms with Crippen LogP contribution in [0.5, 0.6) is 0 Å². The lowest BCUT2D eigenvalue weighted by Gasteiger charge is -2.20. The Balaban J connectivity index is 1.26. The molecule has 2 N–H and O–H groups in total. The number of aliphatic imine (C=N–C) groups is 1. The fourth-order valence-corrected chi connectivity index (χ4v) is 7.43. The van der Waals surface area contributed by atoms with Crippen molar-refractivity contribution in [3.05, 3.63) is 82.9 Å². The third-order valence-electron chi connectivity index (χ3n) is 5.94. The topological polar surface area (TPSA) is 104 Å². The third kappa shape index (κ3) is 5.53. The van der Waals surface area contributed by atoms with Gasteiger partial charge in [-0.25, -0.2) is 13.2 Å². The van der Waals surface area contributed by atoms with Crippen LogP contribution in [-0.4, -0.2) is 49.9 Å². The Kier molecular flexibility index (Phi) is 7.27. The second kappa shape index (κ2) is 10.6. The minimum absolute atomic E-state index is 0.0776. The summed E-state index contributed by atoms with van der Waals surface area (Å²) in [5.74, 6) is 0. The zero-order valence-corrected chi connectivity index (χ0v) is 22.8. The van der Waals surface area contributed by atoms with Crippen molar-refractivity contribution >= 4 is 60.8 Å². The van der Waals surface area contributed by atoms with E-state index in [1.807, 2.05) is 55.5 Å². The number of amides is 1. The molecule has 4 aromatic rings. The molecular formula is C26H26N4O4S3. The molecule has 0 radical (unpaired) electrons. The highest BCUT2D eigenvalue weighted by atomic mass is 32.2. The van der Waals surface area contributed by atoms with Crippen molar-refractivity contribution in [2.45, 2.75) is 23.0 Å². The number of thiophene rings is 1. The Morgan fingerprint density at radius 3 is 2.76 bits per heavy atom. The van der Waals surface area contributed by atoms with Crippen molar-refractivity contribution in [2.75, 3.05) is 24.4 Å². The highest BCUT2D eigenvalue weighted by Crippen LogP contribution is 2.34. The zero-order chi connectivity index (χ0) is 26.0. The van der Waals surface area contributed by atoms with Gasteiger partial charge in [0.05, 0.1) is 23.4 Å². The minimum atomic E-state index is -3.67. The molecule has 192 valence electrons. The predicted molar refractivity (Wildman–Crippen MR) is 150 cm³/mol. The molecule has 0 fully saturated rings. The summed E-state index contributed by atoms with van der Waals surface area (Å²) in [6.07, 6.45) is -0.460. The molecule has 2 aromatic carbocycles. The van der Waals surface area contributed by atoms with Crippen molar-refractivity contribution in [2.24, 2.45) is 4.99 Å². The maximum Gasteiger partial charge on any atom is 0.407 e. The van der Waals surface area contributed by atoms with E-state index < -0.39 is 16.1 Å². The number of aromatic nitrogens is 1. The number of carbonyl (C=O) groups is 1. The van der Waals surface area contributed by atoms with Crippen LogP contribution in [0.4, 0.5) is 10.5 Å². The number of aromatic amines is 1. The van der Waals surface area contributed by atoms with Gasteiger partial charge >= 0.3 is 6.09 Å². The smallest absolute Gasteiger partial charge is 0.407 e. The van der Waals surface area contributed by atoms with Crippen molar-refractivity contribution < 1.29 is 17.9 Å². The molecule has 0 aliphatic carbocycles. The fourth-order valence-electron chi connectivity index (χ4n) is 4.05. The molecule has 1 aliphatic rings. The van der Waals surface area contributed by atoms with Gasteiger partial charge in [-0.3, -0.25) is 9.30 Å². The molecule has 11 heteroatoms. The van der Waals surface area contributed by atoms with Crippen LogP contribution >= 0.6 is 23.1 Å². The Morgan fingerprint density at radius 1 is 1.19 bits per heavy atom. The highest BCUT2D eigenvalue weighted by Gasteiger charge is 2.27. The van der Waals surface area contributed by atoms with Gasteiger partial charge in [-0.2, -0.15) is 0 Å². The number of benzene rings is 2. The number of nitrogens with one attached hydrogen (secondary N) is 2. The number of ether oxygens (including phenoxy) is 1. The van der Waals surface area contributed by atoms with E-state index in [-0.39, 0.29) is 11.9 Å². The van der Waals surface area contributed by atoms with Crippen LogP contribution in [0.3, 0.4) is 0 Å². The number of sulfonamides is 1. The molecule has 1 amide bonds. The fraction of sp³-hybridized carbons (Fsp3) is 0.231. The Hall–Kier alpha value is -3.28. The summed E-state index contributed by atoms with van der Waals surface area (Å²) >= 11 is 2.77. The normalized spacial score (nSPS) is 15.5. The number of alkyl carbamates (subject to hydrolysis) is 1. The molecule has 0 saturated carbocycles. The molecule has 1 atom stereocenters. The molecule has 3 heterocycles. The van der Waals surface area contributed by atoms with Crippen molar-refractivity contribution in [1.29, 1.82) is 0 Å². The number of H-pyrrole nitrogens is 1. The predicted octanol–water partition coefficient (Wildman–Crippen LogP) is 5.15. The van der Waals surface area contributed by atoms with Crippen molar-refractivity contribution in [3.63, 3.8) is 0 Å². The van der Waals surface area contributed by atoms with Gasteiger partial charge < -0.3 is 15.0 Å².